The molecule has 1 aromatic carbocycles. The van der Waals surface area contributed by atoms with Crippen LogP contribution in [0.4, 0.5) is 4.39 Å². The van der Waals surface area contributed by atoms with E-state index in [0.29, 0.717) is 11.3 Å². The van der Waals surface area contributed by atoms with Gasteiger partial charge in [0.15, 0.2) is 0 Å². The number of hydrogen-bond donors (Lipinski definition) is 1. The molecule has 0 spiro atoms. The molecule has 2 nitrogen and oxygen atoms in total. The summed E-state index contributed by atoms with van der Waals surface area (Å²) in [5.41, 5.74) is 5.63. The first kappa shape index (κ1) is 12.3. The normalized spacial score (nSPS) is 17.1. The van der Waals surface area contributed by atoms with Crippen LogP contribution in [-0.2, 0) is 10.8 Å². The van der Waals surface area contributed by atoms with Gasteiger partial charge in [-0.25, -0.2) is 4.39 Å². The Morgan fingerprint density at radius 3 is 2.67 bits per heavy atom. The van der Waals surface area contributed by atoms with Gasteiger partial charge >= 0.3 is 0 Å². The van der Waals surface area contributed by atoms with Crippen molar-refractivity contribution in [1.82, 2.24) is 0 Å². The van der Waals surface area contributed by atoms with E-state index >= 15 is 0 Å². The van der Waals surface area contributed by atoms with Crippen LogP contribution in [0, 0.1) is 5.82 Å². The summed E-state index contributed by atoms with van der Waals surface area (Å²) in [5.74, 6) is -0.353. The van der Waals surface area contributed by atoms with Crippen LogP contribution in [0.2, 0.25) is 0 Å². The Bertz CT molecular complexity index is 354. The summed E-state index contributed by atoms with van der Waals surface area (Å²) >= 11 is 0. The van der Waals surface area contributed by atoms with Gasteiger partial charge in [-0.3, -0.25) is 4.21 Å². The van der Waals surface area contributed by atoms with E-state index in [4.69, 9.17) is 5.73 Å². The standard InChI is InChI=1S/C11H16FNOS/c1-8(13)6-9(2)15(14)11-5-3-4-10(12)7-11/h3-5,7-9H,6,13H2,1-2H3. The lowest BCUT2D eigenvalue weighted by Crippen LogP contribution is -2.24. The Morgan fingerprint density at radius 2 is 2.13 bits per heavy atom. The van der Waals surface area contributed by atoms with E-state index in [9.17, 15) is 8.60 Å². The molecule has 0 radical (unpaired) electrons. The van der Waals surface area contributed by atoms with Crippen molar-refractivity contribution in [1.29, 1.82) is 0 Å². The van der Waals surface area contributed by atoms with Crippen LogP contribution >= 0.6 is 0 Å². The van der Waals surface area contributed by atoms with Gasteiger partial charge in [-0.1, -0.05) is 13.0 Å². The van der Waals surface area contributed by atoms with Crippen LogP contribution < -0.4 is 5.73 Å². The van der Waals surface area contributed by atoms with Crippen LogP contribution in [0.25, 0.3) is 0 Å². The fourth-order valence-corrected chi connectivity index (χ4v) is 2.82. The predicted molar refractivity (Wildman–Crippen MR) is 60.5 cm³/mol. The van der Waals surface area contributed by atoms with Crippen molar-refractivity contribution in [3.05, 3.63) is 30.1 Å². The maximum absolute atomic E-state index is 12.9. The molecule has 1 aromatic rings. The van der Waals surface area contributed by atoms with Crippen molar-refractivity contribution < 1.29 is 8.60 Å². The molecule has 0 saturated heterocycles. The Labute approximate surface area is 92.1 Å². The average molecular weight is 229 g/mol. The maximum atomic E-state index is 12.9. The summed E-state index contributed by atoms with van der Waals surface area (Å²) in [6.45, 7) is 3.74. The van der Waals surface area contributed by atoms with E-state index in [2.05, 4.69) is 0 Å². The van der Waals surface area contributed by atoms with E-state index in [1.54, 1.807) is 12.1 Å². The van der Waals surface area contributed by atoms with E-state index < -0.39 is 10.8 Å². The second-order valence-corrected chi connectivity index (χ2v) is 5.65. The molecule has 3 unspecified atom stereocenters. The van der Waals surface area contributed by atoms with Gasteiger partial charge in [-0.05, 0) is 31.5 Å². The van der Waals surface area contributed by atoms with Gasteiger partial charge in [0.25, 0.3) is 0 Å². The molecule has 0 bridgehead atoms. The second kappa shape index (κ2) is 5.37. The minimum absolute atomic E-state index is 0.0116. The van der Waals surface area contributed by atoms with Crippen LogP contribution in [-0.4, -0.2) is 15.5 Å². The molecule has 0 aliphatic rings. The highest BCUT2D eigenvalue weighted by molar-refractivity contribution is 7.85. The number of halogens is 1. The molecule has 0 heterocycles. The number of hydrogen-bond acceptors (Lipinski definition) is 2. The van der Waals surface area contributed by atoms with Crippen LogP contribution in [0.3, 0.4) is 0 Å². The van der Waals surface area contributed by atoms with Gasteiger partial charge < -0.3 is 5.73 Å². The molecular weight excluding hydrogens is 213 g/mol. The van der Waals surface area contributed by atoms with Gasteiger partial charge in [0, 0.05) is 16.2 Å². The monoisotopic (exact) mass is 229 g/mol. The number of benzene rings is 1. The summed E-state index contributed by atoms with van der Waals surface area (Å²) in [5, 5.41) is -0.0493. The van der Waals surface area contributed by atoms with E-state index in [1.807, 2.05) is 13.8 Å². The van der Waals surface area contributed by atoms with Crippen LogP contribution in [0.5, 0.6) is 0 Å². The van der Waals surface area contributed by atoms with Gasteiger partial charge in [-0.2, -0.15) is 0 Å². The van der Waals surface area contributed by atoms with E-state index in [1.165, 1.54) is 12.1 Å². The highest BCUT2D eigenvalue weighted by Gasteiger charge is 2.15. The molecule has 1 rings (SSSR count). The minimum atomic E-state index is -1.18. The smallest absolute Gasteiger partial charge is 0.124 e. The Morgan fingerprint density at radius 1 is 1.47 bits per heavy atom. The molecule has 0 fully saturated rings. The molecular formula is C11H16FNOS. The van der Waals surface area contributed by atoms with Gasteiger partial charge in [0.2, 0.25) is 0 Å². The summed E-state index contributed by atoms with van der Waals surface area (Å²) in [4.78, 5) is 0.531. The average Bonchev–Trinajstić information content (AvgIpc) is 2.15. The fourth-order valence-electron chi connectivity index (χ4n) is 1.44. The van der Waals surface area contributed by atoms with E-state index in [0.717, 1.165) is 0 Å². The van der Waals surface area contributed by atoms with Crippen LogP contribution in [0.1, 0.15) is 20.3 Å². The van der Waals surface area contributed by atoms with Crippen molar-refractivity contribution >= 4 is 10.8 Å². The third-order valence-corrected chi connectivity index (χ3v) is 3.74. The molecule has 15 heavy (non-hydrogen) atoms. The first-order valence-electron chi connectivity index (χ1n) is 4.92. The molecule has 0 amide bonds. The zero-order valence-corrected chi connectivity index (χ0v) is 9.76. The first-order chi connectivity index (χ1) is 7.00. The molecule has 0 aliphatic carbocycles. The molecule has 3 atom stereocenters. The van der Waals surface area contributed by atoms with Gasteiger partial charge in [0.05, 0.1) is 10.8 Å². The molecule has 0 aliphatic heterocycles. The molecule has 0 aromatic heterocycles. The Kier molecular flexibility index (Phi) is 4.42. The number of nitrogens with two attached hydrogens (primary N) is 1. The van der Waals surface area contributed by atoms with Crippen LogP contribution in [0.15, 0.2) is 29.2 Å². The summed E-state index contributed by atoms with van der Waals surface area (Å²) in [7, 11) is -1.18. The lowest BCUT2D eigenvalue weighted by atomic mass is 10.2. The van der Waals surface area contributed by atoms with Gasteiger partial charge in [-0.15, -0.1) is 0 Å². The second-order valence-electron chi connectivity index (χ2n) is 3.78. The van der Waals surface area contributed by atoms with Crippen molar-refractivity contribution in [2.75, 3.05) is 0 Å². The molecule has 0 saturated carbocycles. The highest BCUT2D eigenvalue weighted by Crippen LogP contribution is 2.15. The van der Waals surface area contributed by atoms with Crippen molar-refractivity contribution in [3.63, 3.8) is 0 Å². The lowest BCUT2D eigenvalue weighted by molar-refractivity contribution is 0.616. The molecule has 84 valence electrons. The topological polar surface area (TPSA) is 43.1 Å². The third kappa shape index (κ3) is 3.72. The molecule has 4 heteroatoms. The lowest BCUT2D eigenvalue weighted by Gasteiger charge is -2.13. The zero-order valence-electron chi connectivity index (χ0n) is 8.94. The Balaban J connectivity index is 2.76. The minimum Gasteiger partial charge on any atom is -0.328 e. The summed E-state index contributed by atoms with van der Waals surface area (Å²) in [6, 6.07) is 5.92. The third-order valence-electron chi connectivity index (χ3n) is 2.10. The quantitative estimate of drug-likeness (QED) is 0.858. The SMILES string of the molecule is CC(N)CC(C)S(=O)c1cccc(F)c1. The van der Waals surface area contributed by atoms with E-state index in [-0.39, 0.29) is 17.1 Å². The zero-order chi connectivity index (χ0) is 11.4. The largest absolute Gasteiger partial charge is 0.328 e. The van der Waals surface area contributed by atoms with Gasteiger partial charge in [0.1, 0.15) is 5.82 Å². The summed E-state index contributed by atoms with van der Waals surface area (Å²) < 4.78 is 24.8. The Hall–Kier alpha value is -0.740. The first-order valence-corrected chi connectivity index (χ1v) is 6.13. The van der Waals surface area contributed by atoms with Crippen molar-refractivity contribution in [2.24, 2.45) is 5.73 Å². The number of rotatable bonds is 4. The maximum Gasteiger partial charge on any atom is 0.124 e. The summed E-state index contributed by atoms with van der Waals surface area (Å²) in [6.07, 6.45) is 0.670. The fraction of sp³-hybridized carbons (Fsp3) is 0.455. The predicted octanol–water partition coefficient (Wildman–Crippen LogP) is 2.06. The van der Waals surface area contributed by atoms with Crippen molar-refractivity contribution in [2.45, 2.75) is 36.5 Å². The van der Waals surface area contributed by atoms with Crippen molar-refractivity contribution in [3.8, 4) is 0 Å². The molecule has 2 N–H and O–H groups in total. The highest BCUT2D eigenvalue weighted by atomic mass is 32.2.